The molecule has 1 aliphatic rings. The molecule has 0 saturated heterocycles. The average Bonchev–Trinajstić information content (AvgIpc) is 2.95. The van der Waals surface area contributed by atoms with Gasteiger partial charge in [0.05, 0.1) is 19.4 Å². The second kappa shape index (κ2) is 5.25. The molecule has 0 unspecified atom stereocenters. The predicted octanol–water partition coefficient (Wildman–Crippen LogP) is 2.88. The molecule has 0 saturated carbocycles. The van der Waals surface area contributed by atoms with Crippen molar-refractivity contribution in [3.8, 4) is 11.5 Å². The molecule has 4 nitrogen and oxygen atoms in total. The van der Waals surface area contributed by atoms with E-state index in [1.165, 1.54) is 0 Å². The maximum absolute atomic E-state index is 12.3. The average molecular weight is 269 g/mol. The van der Waals surface area contributed by atoms with Gasteiger partial charge in [-0.15, -0.1) is 0 Å². The molecule has 1 N–H and O–H groups in total. The van der Waals surface area contributed by atoms with Gasteiger partial charge in [-0.2, -0.15) is 0 Å². The van der Waals surface area contributed by atoms with E-state index in [1.54, 1.807) is 13.2 Å². The monoisotopic (exact) mass is 269 g/mol. The van der Waals surface area contributed by atoms with Gasteiger partial charge in [0, 0.05) is 12.0 Å². The fourth-order valence-electron chi connectivity index (χ4n) is 2.27. The van der Waals surface area contributed by atoms with Crippen molar-refractivity contribution in [3.05, 3.63) is 53.6 Å². The first kappa shape index (κ1) is 12.5. The molecule has 4 heteroatoms. The number of carbonyl (C=O) groups is 1. The highest BCUT2D eigenvalue weighted by Gasteiger charge is 2.15. The molecule has 20 heavy (non-hydrogen) atoms. The van der Waals surface area contributed by atoms with Crippen LogP contribution < -0.4 is 14.8 Å². The van der Waals surface area contributed by atoms with Gasteiger partial charge in [-0.3, -0.25) is 4.79 Å². The smallest absolute Gasteiger partial charge is 0.255 e. The number of carbonyl (C=O) groups excluding carboxylic acids is 1. The van der Waals surface area contributed by atoms with Crippen molar-refractivity contribution < 1.29 is 14.3 Å². The minimum absolute atomic E-state index is 0.149. The van der Waals surface area contributed by atoms with Gasteiger partial charge in [-0.25, -0.2) is 0 Å². The van der Waals surface area contributed by atoms with Crippen molar-refractivity contribution in [1.29, 1.82) is 0 Å². The predicted molar refractivity (Wildman–Crippen MR) is 76.6 cm³/mol. The van der Waals surface area contributed by atoms with Crippen molar-refractivity contribution in [2.75, 3.05) is 19.0 Å². The van der Waals surface area contributed by atoms with E-state index in [-0.39, 0.29) is 5.91 Å². The molecule has 0 aromatic heterocycles. The van der Waals surface area contributed by atoms with E-state index in [4.69, 9.17) is 9.47 Å². The van der Waals surface area contributed by atoms with Crippen molar-refractivity contribution in [2.24, 2.45) is 0 Å². The third-order valence-corrected chi connectivity index (χ3v) is 3.31. The first-order chi connectivity index (χ1) is 9.78. The Kier molecular flexibility index (Phi) is 3.29. The molecule has 0 spiro atoms. The molecule has 0 bridgehead atoms. The second-order valence-corrected chi connectivity index (χ2v) is 4.58. The van der Waals surface area contributed by atoms with Gasteiger partial charge in [0.1, 0.15) is 11.5 Å². The highest BCUT2D eigenvalue weighted by molar-refractivity contribution is 6.05. The summed E-state index contributed by atoms with van der Waals surface area (Å²) in [7, 11) is 1.58. The number of methoxy groups -OCH3 is 1. The van der Waals surface area contributed by atoms with E-state index >= 15 is 0 Å². The SMILES string of the molecule is COc1ccccc1NC(=O)c1ccc2c(c1)CCO2. The Labute approximate surface area is 117 Å². The standard InChI is InChI=1S/C16H15NO3/c1-19-15-5-3-2-4-13(15)17-16(18)12-6-7-14-11(10-12)8-9-20-14/h2-7,10H,8-9H2,1H3,(H,17,18). The summed E-state index contributed by atoms with van der Waals surface area (Å²) in [4.78, 5) is 12.3. The van der Waals surface area contributed by atoms with E-state index in [1.807, 2.05) is 36.4 Å². The second-order valence-electron chi connectivity index (χ2n) is 4.58. The number of ether oxygens (including phenoxy) is 2. The number of hydrogen-bond acceptors (Lipinski definition) is 3. The minimum Gasteiger partial charge on any atom is -0.495 e. The van der Waals surface area contributed by atoms with Gasteiger partial charge >= 0.3 is 0 Å². The van der Waals surface area contributed by atoms with E-state index in [2.05, 4.69) is 5.32 Å². The number of para-hydroxylation sites is 2. The molecule has 1 aliphatic heterocycles. The van der Waals surface area contributed by atoms with Gasteiger partial charge in [0.2, 0.25) is 0 Å². The number of benzene rings is 2. The van der Waals surface area contributed by atoms with Gasteiger partial charge in [0.15, 0.2) is 0 Å². The molecule has 1 heterocycles. The third-order valence-electron chi connectivity index (χ3n) is 3.31. The van der Waals surface area contributed by atoms with Crippen LogP contribution >= 0.6 is 0 Å². The third kappa shape index (κ3) is 2.32. The highest BCUT2D eigenvalue weighted by Crippen LogP contribution is 2.27. The summed E-state index contributed by atoms with van der Waals surface area (Å²) in [5, 5.41) is 2.86. The summed E-state index contributed by atoms with van der Waals surface area (Å²) in [6.45, 7) is 0.687. The number of rotatable bonds is 3. The molecular weight excluding hydrogens is 254 g/mol. The van der Waals surface area contributed by atoms with Gasteiger partial charge in [-0.05, 0) is 35.9 Å². The number of nitrogens with one attached hydrogen (secondary N) is 1. The summed E-state index contributed by atoms with van der Waals surface area (Å²) in [5.41, 5.74) is 2.37. The number of amides is 1. The van der Waals surface area contributed by atoms with Crippen molar-refractivity contribution in [3.63, 3.8) is 0 Å². The Morgan fingerprint density at radius 3 is 2.95 bits per heavy atom. The largest absolute Gasteiger partial charge is 0.495 e. The maximum Gasteiger partial charge on any atom is 0.255 e. The Hall–Kier alpha value is -2.49. The lowest BCUT2D eigenvalue weighted by atomic mass is 10.1. The number of hydrogen-bond donors (Lipinski definition) is 1. The lowest BCUT2D eigenvalue weighted by molar-refractivity contribution is 0.102. The van der Waals surface area contributed by atoms with Crippen LogP contribution in [0.1, 0.15) is 15.9 Å². The molecule has 0 radical (unpaired) electrons. The minimum atomic E-state index is -0.149. The first-order valence-electron chi connectivity index (χ1n) is 6.48. The van der Waals surface area contributed by atoms with Crippen LogP contribution in [0.3, 0.4) is 0 Å². The van der Waals surface area contributed by atoms with Crippen LogP contribution in [-0.4, -0.2) is 19.6 Å². The van der Waals surface area contributed by atoms with Gasteiger partial charge in [-0.1, -0.05) is 12.1 Å². The first-order valence-corrected chi connectivity index (χ1v) is 6.48. The summed E-state index contributed by atoms with van der Waals surface area (Å²) < 4.78 is 10.7. The molecule has 102 valence electrons. The fourth-order valence-corrected chi connectivity index (χ4v) is 2.27. The zero-order valence-corrected chi connectivity index (χ0v) is 11.2. The summed E-state index contributed by atoms with van der Waals surface area (Å²) >= 11 is 0. The van der Waals surface area contributed by atoms with Crippen LogP contribution in [0.5, 0.6) is 11.5 Å². The van der Waals surface area contributed by atoms with Crippen LogP contribution in [0.25, 0.3) is 0 Å². The molecule has 2 aromatic rings. The van der Waals surface area contributed by atoms with Crippen molar-refractivity contribution in [1.82, 2.24) is 0 Å². The summed E-state index contributed by atoms with van der Waals surface area (Å²) in [6, 6.07) is 12.8. The van der Waals surface area contributed by atoms with Crippen LogP contribution in [0.15, 0.2) is 42.5 Å². The topological polar surface area (TPSA) is 47.6 Å². The summed E-state index contributed by atoms with van der Waals surface area (Å²) in [5.74, 6) is 1.37. The Bertz CT molecular complexity index is 652. The van der Waals surface area contributed by atoms with Gasteiger partial charge < -0.3 is 14.8 Å². The zero-order chi connectivity index (χ0) is 13.9. The molecular formula is C16H15NO3. The number of anilines is 1. The Balaban J connectivity index is 1.83. The van der Waals surface area contributed by atoms with E-state index < -0.39 is 0 Å². The zero-order valence-electron chi connectivity index (χ0n) is 11.2. The summed E-state index contributed by atoms with van der Waals surface area (Å²) in [6.07, 6.45) is 0.852. The Morgan fingerprint density at radius 1 is 1.25 bits per heavy atom. The van der Waals surface area contributed by atoms with Crippen molar-refractivity contribution >= 4 is 11.6 Å². The normalized spacial score (nSPS) is 12.4. The molecule has 0 fully saturated rings. The van der Waals surface area contributed by atoms with E-state index in [0.29, 0.717) is 23.6 Å². The fraction of sp³-hybridized carbons (Fsp3) is 0.188. The maximum atomic E-state index is 12.3. The van der Waals surface area contributed by atoms with Crippen LogP contribution in [0.2, 0.25) is 0 Å². The number of fused-ring (bicyclic) bond motifs is 1. The van der Waals surface area contributed by atoms with Crippen LogP contribution in [-0.2, 0) is 6.42 Å². The van der Waals surface area contributed by atoms with Crippen LogP contribution in [0, 0.1) is 0 Å². The van der Waals surface area contributed by atoms with E-state index in [0.717, 1.165) is 17.7 Å². The molecule has 3 rings (SSSR count). The van der Waals surface area contributed by atoms with Crippen molar-refractivity contribution in [2.45, 2.75) is 6.42 Å². The molecule has 1 amide bonds. The molecule has 0 aliphatic carbocycles. The quantitative estimate of drug-likeness (QED) is 0.932. The highest BCUT2D eigenvalue weighted by atomic mass is 16.5. The lowest BCUT2D eigenvalue weighted by Gasteiger charge is -2.10. The van der Waals surface area contributed by atoms with Crippen LogP contribution in [0.4, 0.5) is 5.69 Å². The molecule has 2 aromatic carbocycles. The lowest BCUT2D eigenvalue weighted by Crippen LogP contribution is -2.12. The van der Waals surface area contributed by atoms with E-state index in [9.17, 15) is 4.79 Å². The Morgan fingerprint density at radius 2 is 2.10 bits per heavy atom. The van der Waals surface area contributed by atoms with Gasteiger partial charge in [0.25, 0.3) is 5.91 Å². The molecule has 0 atom stereocenters.